The second kappa shape index (κ2) is 9.81. The number of hydrogen-bond donors (Lipinski definition) is 1. The van der Waals surface area contributed by atoms with Crippen LogP contribution in [-0.4, -0.2) is 59.1 Å². The van der Waals surface area contributed by atoms with Crippen molar-refractivity contribution in [2.75, 3.05) is 31.5 Å². The van der Waals surface area contributed by atoms with Crippen molar-refractivity contribution >= 4 is 35.5 Å². The average molecular weight is 416 g/mol. The van der Waals surface area contributed by atoms with Gasteiger partial charge in [0.2, 0.25) is 0 Å². The van der Waals surface area contributed by atoms with Gasteiger partial charge < -0.3 is 14.2 Å². The number of carbonyl (C=O) groups excluding carboxylic acids is 2. The third-order valence-electron chi connectivity index (χ3n) is 3.65. The Hall–Kier alpha value is -1.98. The number of ether oxygens (including phenoxy) is 3. The Balaban J connectivity index is 2.17. The van der Waals surface area contributed by atoms with Crippen molar-refractivity contribution in [3.05, 3.63) is 43.6 Å². The summed E-state index contributed by atoms with van der Waals surface area (Å²) in [7, 11) is 2.62. The molecular formula is C16H20N2O7S2. The Labute approximate surface area is 163 Å². The molecule has 0 radical (unpaired) electrons. The zero-order valence-corrected chi connectivity index (χ0v) is 16.7. The van der Waals surface area contributed by atoms with Crippen LogP contribution >= 0.6 is 23.5 Å². The monoisotopic (exact) mass is 416 g/mol. The number of rotatable bonds is 8. The van der Waals surface area contributed by atoms with E-state index in [1.807, 2.05) is 0 Å². The van der Waals surface area contributed by atoms with E-state index in [1.54, 1.807) is 13.0 Å². The fourth-order valence-corrected chi connectivity index (χ4v) is 4.14. The molecule has 2 heterocycles. The van der Waals surface area contributed by atoms with Gasteiger partial charge in [0.25, 0.3) is 5.56 Å². The molecule has 0 spiro atoms. The summed E-state index contributed by atoms with van der Waals surface area (Å²) in [6.45, 7) is 1.59. The molecule has 11 heteroatoms. The van der Waals surface area contributed by atoms with Crippen LogP contribution in [0.1, 0.15) is 11.8 Å². The lowest BCUT2D eigenvalue weighted by atomic mass is 10.3. The minimum absolute atomic E-state index is 0.0934. The largest absolute Gasteiger partial charge is 0.468 e. The molecule has 0 unspecified atom stereocenters. The van der Waals surface area contributed by atoms with Crippen molar-refractivity contribution in [3.8, 4) is 0 Å². The number of methoxy groups -OCH3 is 2. The molecule has 9 nitrogen and oxygen atoms in total. The Kier molecular flexibility index (Phi) is 7.75. The summed E-state index contributed by atoms with van der Waals surface area (Å²) in [5.41, 5.74) is -0.672. The van der Waals surface area contributed by atoms with Crippen LogP contribution in [0.15, 0.2) is 26.8 Å². The maximum atomic E-state index is 12.1. The first-order chi connectivity index (χ1) is 12.8. The lowest BCUT2D eigenvalue weighted by Gasteiger charge is -2.17. The van der Waals surface area contributed by atoms with Gasteiger partial charge in [0.05, 0.1) is 25.7 Å². The van der Waals surface area contributed by atoms with Crippen LogP contribution in [0, 0.1) is 6.92 Å². The molecule has 0 aromatic carbocycles. The van der Waals surface area contributed by atoms with Gasteiger partial charge in [-0.3, -0.25) is 23.9 Å². The van der Waals surface area contributed by atoms with E-state index in [-0.39, 0.29) is 23.4 Å². The predicted octanol–water partition coefficient (Wildman–Crippen LogP) is 0.439. The third kappa shape index (κ3) is 5.75. The molecule has 1 aliphatic rings. The summed E-state index contributed by atoms with van der Waals surface area (Å²) in [4.78, 5) is 49.3. The maximum absolute atomic E-state index is 12.1. The Morgan fingerprint density at radius 1 is 1.22 bits per heavy atom. The van der Waals surface area contributed by atoms with Crippen molar-refractivity contribution < 1.29 is 23.8 Å². The molecule has 148 valence electrons. The maximum Gasteiger partial charge on any atom is 0.330 e. The van der Waals surface area contributed by atoms with Crippen LogP contribution in [0.5, 0.6) is 0 Å². The van der Waals surface area contributed by atoms with Gasteiger partial charge in [0.15, 0.2) is 6.23 Å². The minimum Gasteiger partial charge on any atom is -0.468 e. The van der Waals surface area contributed by atoms with Crippen molar-refractivity contribution in [2.24, 2.45) is 0 Å². The number of thioether (sulfide) groups is 2. The molecule has 27 heavy (non-hydrogen) atoms. The van der Waals surface area contributed by atoms with Gasteiger partial charge in [-0.25, -0.2) is 4.79 Å². The van der Waals surface area contributed by atoms with Gasteiger partial charge in [0.1, 0.15) is 6.10 Å². The first kappa shape index (κ1) is 21.3. The van der Waals surface area contributed by atoms with E-state index in [9.17, 15) is 19.2 Å². The summed E-state index contributed by atoms with van der Waals surface area (Å²) in [6.07, 6.45) is 2.00. The van der Waals surface area contributed by atoms with E-state index in [1.165, 1.54) is 48.5 Å². The summed E-state index contributed by atoms with van der Waals surface area (Å²) in [5.74, 6) is -0.0517. The highest BCUT2D eigenvalue weighted by Gasteiger charge is 2.30. The number of H-pyrrole nitrogens is 1. The third-order valence-corrected chi connectivity index (χ3v) is 5.74. The number of nitrogens with zero attached hydrogens (tertiary/aromatic N) is 1. The number of aromatic nitrogens is 2. The Bertz CT molecular complexity index is 846. The highest BCUT2D eigenvalue weighted by molar-refractivity contribution is 8.04. The van der Waals surface area contributed by atoms with Crippen LogP contribution in [-0.2, 0) is 23.8 Å². The Morgan fingerprint density at radius 3 is 2.56 bits per heavy atom. The van der Waals surface area contributed by atoms with Crippen molar-refractivity contribution in [3.63, 3.8) is 0 Å². The molecule has 1 aromatic heterocycles. The number of nitrogens with one attached hydrogen (secondary N) is 1. The molecule has 0 amide bonds. The van der Waals surface area contributed by atoms with E-state index in [0.29, 0.717) is 11.3 Å². The number of hydrogen-bond acceptors (Lipinski definition) is 9. The highest BCUT2D eigenvalue weighted by Crippen LogP contribution is 2.35. The van der Waals surface area contributed by atoms with Gasteiger partial charge in [-0.2, -0.15) is 0 Å². The van der Waals surface area contributed by atoms with Gasteiger partial charge >= 0.3 is 17.6 Å². The van der Waals surface area contributed by atoms with Crippen LogP contribution in [0.3, 0.4) is 0 Å². The van der Waals surface area contributed by atoms with Crippen molar-refractivity contribution in [1.82, 2.24) is 9.55 Å². The average Bonchev–Trinajstić information content (AvgIpc) is 3.05. The number of carbonyl (C=O) groups is 2. The summed E-state index contributed by atoms with van der Waals surface area (Å²) < 4.78 is 16.4. The predicted molar refractivity (Wildman–Crippen MR) is 102 cm³/mol. The van der Waals surface area contributed by atoms with E-state index in [4.69, 9.17) is 4.74 Å². The second-order valence-corrected chi connectivity index (χ2v) is 7.60. The molecule has 0 saturated heterocycles. The first-order valence-corrected chi connectivity index (χ1v) is 10.0. The SMILES string of the molecule is COC(=O)CSC[C@H]1O[C@@H](n2cc(C)c(=O)[nH]c2=O)C=C1SCC(=O)OC. The molecule has 0 bridgehead atoms. The molecule has 2 atom stereocenters. The summed E-state index contributed by atoms with van der Waals surface area (Å²) in [6, 6.07) is 0. The minimum atomic E-state index is -0.725. The van der Waals surface area contributed by atoms with E-state index < -0.39 is 23.6 Å². The molecule has 2 rings (SSSR count). The van der Waals surface area contributed by atoms with Crippen molar-refractivity contribution in [2.45, 2.75) is 19.3 Å². The second-order valence-electron chi connectivity index (χ2n) is 5.52. The van der Waals surface area contributed by atoms with Gasteiger partial charge in [-0.1, -0.05) is 0 Å². The lowest BCUT2D eigenvalue weighted by Crippen LogP contribution is -2.33. The van der Waals surface area contributed by atoms with Crippen LogP contribution in [0.2, 0.25) is 0 Å². The standard InChI is InChI=1S/C16H20N2O7S2/c1-9-5-18(16(22)17-15(9)21)12-4-11(27-8-14(20)24-3)10(25-12)6-26-7-13(19)23-2/h4-5,10,12H,6-8H2,1-3H3,(H,17,21,22)/t10-,12-/m1/s1. The van der Waals surface area contributed by atoms with Crippen LogP contribution in [0.4, 0.5) is 0 Å². The molecule has 0 saturated carbocycles. The normalized spacial score (nSPS) is 18.9. The van der Waals surface area contributed by atoms with Gasteiger partial charge in [-0.05, 0) is 13.0 Å². The molecule has 1 aliphatic heterocycles. The number of aryl methyl sites for hydroxylation is 1. The molecule has 1 aromatic rings. The van der Waals surface area contributed by atoms with Crippen LogP contribution in [0.25, 0.3) is 0 Å². The summed E-state index contributed by atoms with van der Waals surface area (Å²) in [5, 5.41) is 0. The van der Waals surface area contributed by atoms with Crippen molar-refractivity contribution in [1.29, 1.82) is 0 Å². The van der Waals surface area contributed by atoms with Gasteiger partial charge in [0, 0.05) is 22.4 Å². The lowest BCUT2D eigenvalue weighted by molar-refractivity contribution is -0.138. The zero-order valence-electron chi connectivity index (χ0n) is 15.1. The molecule has 0 aliphatic carbocycles. The fraction of sp³-hybridized carbons (Fsp3) is 0.500. The number of aromatic amines is 1. The van der Waals surface area contributed by atoms with E-state index >= 15 is 0 Å². The topological polar surface area (TPSA) is 117 Å². The molecular weight excluding hydrogens is 396 g/mol. The Morgan fingerprint density at radius 2 is 1.89 bits per heavy atom. The van der Waals surface area contributed by atoms with Crippen LogP contribution < -0.4 is 11.2 Å². The number of esters is 2. The van der Waals surface area contributed by atoms with E-state index in [0.717, 1.165) is 4.91 Å². The molecule has 0 fully saturated rings. The smallest absolute Gasteiger partial charge is 0.330 e. The fourth-order valence-electron chi connectivity index (χ4n) is 2.22. The summed E-state index contributed by atoms with van der Waals surface area (Å²) >= 11 is 2.56. The van der Waals surface area contributed by atoms with Gasteiger partial charge in [-0.15, -0.1) is 23.5 Å². The quantitative estimate of drug-likeness (QED) is 0.602. The highest BCUT2D eigenvalue weighted by atomic mass is 32.2. The van der Waals surface area contributed by atoms with E-state index in [2.05, 4.69) is 14.5 Å². The zero-order chi connectivity index (χ0) is 20.0. The molecule has 1 N–H and O–H groups in total. The first-order valence-electron chi connectivity index (χ1n) is 7.89.